The highest BCUT2D eigenvalue weighted by Gasteiger charge is 2.23. The van der Waals surface area contributed by atoms with Gasteiger partial charge in [0.15, 0.2) is 0 Å². The lowest BCUT2D eigenvalue weighted by atomic mass is 9.91. The van der Waals surface area contributed by atoms with Crippen LogP contribution in [-0.2, 0) is 4.74 Å². The van der Waals surface area contributed by atoms with Gasteiger partial charge < -0.3 is 14.3 Å². The molecule has 7 heteroatoms. The molecule has 0 atom stereocenters. The molecule has 1 N–H and O–H groups in total. The summed E-state index contributed by atoms with van der Waals surface area (Å²) in [6.07, 6.45) is 0. The highest BCUT2D eigenvalue weighted by atomic mass is 35.5. The fraction of sp³-hybridized carbons (Fsp3) is 0.0476. The Morgan fingerprint density at radius 3 is 2.54 bits per heavy atom. The van der Waals surface area contributed by atoms with Crippen molar-refractivity contribution in [2.75, 3.05) is 7.11 Å². The molecule has 28 heavy (non-hydrogen) atoms. The number of phenols is 1. The SMILES string of the molecule is COC(=O)c1ccccc1-c1c2cc(Cl)c(=O)cc-2oc2cc(O)c(Cl)cc12. The van der Waals surface area contributed by atoms with Crippen LogP contribution in [0.4, 0.5) is 0 Å². The van der Waals surface area contributed by atoms with Crippen LogP contribution in [0.2, 0.25) is 10.0 Å². The number of ether oxygens (including phenoxy) is 1. The van der Waals surface area contributed by atoms with Gasteiger partial charge in [-0.2, -0.15) is 0 Å². The van der Waals surface area contributed by atoms with Gasteiger partial charge in [0.25, 0.3) is 0 Å². The zero-order valence-electron chi connectivity index (χ0n) is 14.5. The average molecular weight is 415 g/mol. The maximum Gasteiger partial charge on any atom is 0.338 e. The van der Waals surface area contributed by atoms with Crippen molar-refractivity contribution in [2.45, 2.75) is 0 Å². The van der Waals surface area contributed by atoms with Gasteiger partial charge in [0.2, 0.25) is 5.43 Å². The summed E-state index contributed by atoms with van der Waals surface area (Å²) in [4.78, 5) is 24.4. The van der Waals surface area contributed by atoms with E-state index in [2.05, 4.69) is 0 Å². The molecule has 2 aromatic rings. The first-order valence-corrected chi connectivity index (χ1v) is 8.92. The van der Waals surface area contributed by atoms with Gasteiger partial charge in [-0.3, -0.25) is 4.79 Å². The molecule has 140 valence electrons. The lowest BCUT2D eigenvalue weighted by Crippen LogP contribution is -2.06. The number of halogens is 2. The molecule has 1 aliphatic heterocycles. The standard InChI is InChI=1S/C21H12Cl2O5/c1-27-21(26)11-5-3-2-4-10(11)20-12-6-14(22)16(24)8-18(12)28-19-9-17(25)15(23)7-13(19)20/h2-9,24H,1H3. The van der Waals surface area contributed by atoms with E-state index in [1.165, 1.54) is 31.4 Å². The van der Waals surface area contributed by atoms with Crippen LogP contribution in [-0.4, -0.2) is 18.2 Å². The Balaban J connectivity index is 2.23. The number of benzene rings is 3. The Morgan fingerprint density at radius 2 is 1.79 bits per heavy atom. The molecule has 0 bridgehead atoms. The van der Waals surface area contributed by atoms with Crippen molar-refractivity contribution < 1.29 is 19.1 Å². The Hall–Kier alpha value is -3.02. The average Bonchev–Trinajstić information content (AvgIpc) is 2.68. The zero-order valence-corrected chi connectivity index (χ0v) is 16.0. The Bertz CT molecular complexity index is 1280. The summed E-state index contributed by atoms with van der Waals surface area (Å²) >= 11 is 12.2. The molecule has 2 aromatic carbocycles. The summed E-state index contributed by atoms with van der Waals surface area (Å²) in [5.41, 5.74) is 1.88. The molecule has 0 fully saturated rings. The molecular formula is C21H12Cl2O5. The molecule has 4 rings (SSSR count). The van der Waals surface area contributed by atoms with Crippen molar-refractivity contribution in [1.82, 2.24) is 0 Å². The first-order valence-electron chi connectivity index (χ1n) is 8.17. The van der Waals surface area contributed by atoms with Crippen molar-refractivity contribution >= 4 is 40.1 Å². The number of phenolic OH excluding ortho intramolecular Hbond substituents is 1. The number of carbonyl (C=O) groups is 1. The van der Waals surface area contributed by atoms with Crippen molar-refractivity contribution in [3.8, 4) is 28.2 Å². The van der Waals surface area contributed by atoms with Gasteiger partial charge >= 0.3 is 5.97 Å². The third kappa shape index (κ3) is 2.89. The van der Waals surface area contributed by atoms with Crippen LogP contribution in [0.1, 0.15) is 10.4 Å². The molecule has 0 saturated carbocycles. The molecule has 0 aromatic heterocycles. The van der Waals surface area contributed by atoms with Crippen molar-refractivity contribution in [2.24, 2.45) is 0 Å². The largest absolute Gasteiger partial charge is 0.506 e. The predicted octanol–water partition coefficient (Wildman–Crippen LogP) is 5.36. The van der Waals surface area contributed by atoms with E-state index in [1.54, 1.807) is 24.3 Å². The first-order chi connectivity index (χ1) is 13.4. The maximum absolute atomic E-state index is 12.3. The summed E-state index contributed by atoms with van der Waals surface area (Å²) in [5.74, 6) is -0.423. The number of rotatable bonds is 2. The van der Waals surface area contributed by atoms with Crippen LogP contribution in [0.15, 0.2) is 57.7 Å². The van der Waals surface area contributed by atoms with Crippen LogP contribution >= 0.6 is 23.2 Å². The second kappa shape index (κ2) is 6.86. The number of carbonyl (C=O) groups excluding carboxylic acids is 1. The number of hydrogen-bond acceptors (Lipinski definition) is 5. The highest BCUT2D eigenvalue weighted by Crippen LogP contribution is 2.44. The van der Waals surface area contributed by atoms with Crippen molar-refractivity contribution in [3.63, 3.8) is 0 Å². The molecule has 0 saturated heterocycles. The number of aromatic hydroxyl groups is 1. The fourth-order valence-corrected chi connectivity index (χ4v) is 3.51. The molecule has 0 unspecified atom stereocenters. The quantitative estimate of drug-likeness (QED) is 0.352. The molecule has 0 amide bonds. The van der Waals surface area contributed by atoms with Crippen LogP contribution in [0.5, 0.6) is 5.75 Å². The lowest BCUT2D eigenvalue weighted by molar-refractivity contribution is 0.0601. The number of methoxy groups -OCH3 is 1. The minimum absolute atomic E-state index is 0.0173. The van der Waals surface area contributed by atoms with Gasteiger partial charge in [-0.15, -0.1) is 0 Å². The third-order valence-electron chi connectivity index (χ3n) is 4.44. The number of esters is 1. The topological polar surface area (TPSA) is 76.7 Å². The van der Waals surface area contributed by atoms with E-state index in [9.17, 15) is 14.7 Å². The molecule has 0 radical (unpaired) electrons. The number of fused-ring (bicyclic) bond motifs is 2. The van der Waals surface area contributed by atoms with Crippen LogP contribution < -0.4 is 5.43 Å². The highest BCUT2D eigenvalue weighted by molar-refractivity contribution is 6.33. The van der Waals surface area contributed by atoms with E-state index in [0.717, 1.165) is 0 Å². The smallest absolute Gasteiger partial charge is 0.338 e. The lowest BCUT2D eigenvalue weighted by Gasteiger charge is -2.17. The van der Waals surface area contributed by atoms with Crippen molar-refractivity contribution in [3.05, 3.63) is 74.4 Å². The van der Waals surface area contributed by atoms with Gasteiger partial charge in [-0.1, -0.05) is 41.4 Å². The van der Waals surface area contributed by atoms with Crippen LogP contribution in [0.25, 0.3) is 33.4 Å². The summed E-state index contributed by atoms with van der Waals surface area (Å²) < 4.78 is 10.7. The van der Waals surface area contributed by atoms with E-state index in [4.69, 9.17) is 32.4 Å². The minimum atomic E-state index is -0.519. The molecule has 2 aliphatic rings. The van der Waals surface area contributed by atoms with Gasteiger partial charge in [0, 0.05) is 28.6 Å². The molecule has 5 nitrogen and oxygen atoms in total. The summed E-state index contributed by atoms with van der Waals surface area (Å²) in [6.45, 7) is 0. The Morgan fingerprint density at radius 1 is 1.04 bits per heavy atom. The van der Waals surface area contributed by atoms with Crippen LogP contribution in [0.3, 0.4) is 0 Å². The summed E-state index contributed by atoms with van der Waals surface area (Å²) in [6, 6.07) is 12.5. The molecule has 1 aliphatic carbocycles. The fourth-order valence-electron chi connectivity index (χ4n) is 3.18. The van der Waals surface area contributed by atoms with Gasteiger partial charge in [0.05, 0.1) is 22.7 Å². The van der Waals surface area contributed by atoms with E-state index < -0.39 is 11.4 Å². The molecular weight excluding hydrogens is 403 g/mol. The Kier molecular flexibility index (Phi) is 4.49. The first kappa shape index (κ1) is 18.3. The van der Waals surface area contributed by atoms with E-state index in [0.29, 0.717) is 33.2 Å². The second-order valence-corrected chi connectivity index (χ2v) is 6.91. The minimum Gasteiger partial charge on any atom is -0.506 e. The zero-order chi connectivity index (χ0) is 20.0. The number of hydrogen-bond donors (Lipinski definition) is 1. The maximum atomic E-state index is 12.3. The Labute approximate surface area is 169 Å². The van der Waals surface area contributed by atoms with Gasteiger partial charge in [0.1, 0.15) is 17.1 Å². The molecule has 0 spiro atoms. The van der Waals surface area contributed by atoms with Gasteiger partial charge in [-0.25, -0.2) is 4.79 Å². The van der Waals surface area contributed by atoms with Crippen molar-refractivity contribution in [1.29, 1.82) is 0 Å². The monoisotopic (exact) mass is 414 g/mol. The second-order valence-electron chi connectivity index (χ2n) is 6.09. The van der Waals surface area contributed by atoms with Gasteiger partial charge in [-0.05, 0) is 23.8 Å². The van der Waals surface area contributed by atoms with E-state index in [-0.39, 0.29) is 21.6 Å². The third-order valence-corrected chi connectivity index (χ3v) is 5.04. The summed E-state index contributed by atoms with van der Waals surface area (Å²) in [5, 5.41) is 10.7. The van der Waals surface area contributed by atoms with E-state index in [1.807, 2.05) is 0 Å². The van der Waals surface area contributed by atoms with Crippen LogP contribution in [0, 0.1) is 0 Å². The molecule has 1 heterocycles. The van der Waals surface area contributed by atoms with E-state index >= 15 is 0 Å². The summed E-state index contributed by atoms with van der Waals surface area (Å²) in [7, 11) is 1.30. The normalized spacial score (nSPS) is 11.1. The predicted molar refractivity (Wildman–Crippen MR) is 108 cm³/mol.